The third-order valence-electron chi connectivity index (χ3n) is 3.44. The van der Waals surface area contributed by atoms with E-state index in [1.807, 2.05) is 38.3 Å². The second kappa shape index (κ2) is 6.75. The quantitative estimate of drug-likeness (QED) is 0.940. The lowest BCUT2D eigenvalue weighted by Crippen LogP contribution is -2.35. The molecule has 2 amide bonds. The van der Waals surface area contributed by atoms with Crippen molar-refractivity contribution in [2.24, 2.45) is 0 Å². The normalized spacial score (nSPS) is 10.4. The number of benzene rings is 1. The van der Waals surface area contributed by atoms with Crippen LogP contribution in [0.4, 0.5) is 5.69 Å². The van der Waals surface area contributed by atoms with Gasteiger partial charge in [0.2, 0.25) is 5.91 Å². The molecule has 22 heavy (non-hydrogen) atoms. The Balaban J connectivity index is 2.03. The maximum Gasteiger partial charge on any atom is 0.254 e. The Kier molecular flexibility index (Phi) is 4.98. The van der Waals surface area contributed by atoms with Gasteiger partial charge in [0, 0.05) is 18.1 Å². The highest BCUT2D eigenvalue weighted by Crippen LogP contribution is 2.21. The van der Waals surface area contributed by atoms with E-state index in [1.54, 1.807) is 18.5 Å². The molecule has 1 N–H and O–H groups in total. The molecule has 1 aromatic carbocycles. The van der Waals surface area contributed by atoms with Gasteiger partial charge in [-0.15, -0.1) is 0 Å². The molecule has 0 unspecified atom stereocenters. The number of anilines is 1. The lowest BCUT2D eigenvalue weighted by atomic mass is 10.1. The number of hydrogen-bond donors (Lipinski definition) is 1. The average Bonchev–Trinajstić information content (AvgIpc) is 2.95. The van der Waals surface area contributed by atoms with Crippen molar-refractivity contribution in [2.75, 3.05) is 18.9 Å². The summed E-state index contributed by atoms with van der Waals surface area (Å²) in [4.78, 5) is 25.7. The maximum atomic E-state index is 12.2. The molecule has 0 fully saturated rings. The highest BCUT2D eigenvalue weighted by molar-refractivity contribution is 7.08. The summed E-state index contributed by atoms with van der Waals surface area (Å²) in [6.45, 7) is 5.99. The summed E-state index contributed by atoms with van der Waals surface area (Å²) in [6, 6.07) is 5.82. The van der Waals surface area contributed by atoms with Gasteiger partial charge in [-0.25, -0.2) is 0 Å². The fourth-order valence-corrected chi connectivity index (χ4v) is 3.08. The Morgan fingerprint density at radius 3 is 2.36 bits per heavy atom. The Labute approximate surface area is 134 Å². The number of rotatable bonds is 4. The second-order valence-corrected chi connectivity index (χ2v) is 6.28. The molecule has 0 spiro atoms. The summed E-state index contributed by atoms with van der Waals surface area (Å²) in [6.07, 6.45) is 0. The van der Waals surface area contributed by atoms with Crippen LogP contribution in [0.25, 0.3) is 0 Å². The van der Waals surface area contributed by atoms with Crippen molar-refractivity contribution in [1.82, 2.24) is 4.90 Å². The van der Waals surface area contributed by atoms with Gasteiger partial charge < -0.3 is 10.2 Å². The van der Waals surface area contributed by atoms with Crippen molar-refractivity contribution < 1.29 is 9.59 Å². The van der Waals surface area contributed by atoms with Crippen LogP contribution in [0.1, 0.15) is 27.0 Å². The predicted octanol–water partition coefficient (Wildman–Crippen LogP) is 3.38. The van der Waals surface area contributed by atoms with E-state index >= 15 is 0 Å². The molecule has 0 radical (unpaired) electrons. The van der Waals surface area contributed by atoms with E-state index in [0.29, 0.717) is 5.56 Å². The van der Waals surface area contributed by atoms with E-state index in [-0.39, 0.29) is 18.4 Å². The first kappa shape index (κ1) is 16.2. The van der Waals surface area contributed by atoms with Crippen LogP contribution in [0.5, 0.6) is 0 Å². The molecule has 2 rings (SSSR count). The lowest BCUT2D eigenvalue weighted by molar-refractivity contribution is -0.116. The van der Waals surface area contributed by atoms with Crippen LogP contribution in [0.15, 0.2) is 29.0 Å². The minimum atomic E-state index is -0.193. The van der Waals surface area contributed by atoms with Gasteiger partial charge in [-0.2, -0.15) is 11.3 Å². The highest BCUT2D eigenvalue weighted by Gasteiger charge is 2.16. The largest absolute Gasteiger partial charge is 0.332 e. The maximum absolute atomic E-state index is 12.2. The first-order valence-corrected chi connectivity index (χ1v) is 7.98. The molecule has 5 heteroatoms. The van der Waals surface area contributed by atoms with E-state index in [1.165, 1.54) is 16.2 Å². The summed E-state index contributed by atoms with van der Waals surface area (Å²) in [5.41, 5.74) is 4.66. The summed E-state index contributed by atoms with van der Waals surface area (Å²) >= 11 is 1.46. The van der Waals surface area contributed by atoms with Crippen LogP contribution in [-0.2, 0) is 4.79 Å². The number of hydrogen-bond acceptors (Lipinski definition) is 3. The van der Waals surface area contributed by atoms with E-state index in [4.69, 9.17) is 0 Å². The molecule has 0 saturated heterocycles. The zero-order valence-electron chi connectivity index (χ0n) is 13.3. The van der Waals surface area contributed by atoms with Gasteiger partial charge in [-0.1, -0.05) is 17.7 Å². The van der Waals surface area contributed by atoms with Crippen molar-refractivity contribution >= 4 is 28.8 Å². The zero-order chi connectivity index (χ0) is 16.3. The summed E-state index contributed by atoms with van der Waals surface area (Å²) in [5, 5.41) is 6.54. The van der Waals surface area contributed by atoms with Gasteiger partial charge >= 0.3 is 0 Å². The third-order valence-corrected chi connectivity index (χ3v) is 4.12. The standard InChI is InChI=1S/C17H20N2O2S/c1-11-7-12(2)16(13(3)8-11)18-15(20)9-19(4)17(21)14-5-6-22-10-14/h5-8,10H,9H2,1-4H3,(H,18,20). The van der Waals surface area contributed by atoms with Crippen LogP contribution < -0.4 is 5.32 Å². The van der Waals surface area contributed by atoms with Crippen molar-refractivity contribution in [2.45, 2.75) is 20.8 Å². The third kappa shape index (κ3) is 3.74. The van der Waals surface area contributed by atoms with E-state index in [0.717, 1.165) is 22.4 Å². The van der Waals surface area contributed by atoms with E-state index < -0.39 is 0 Å². The van der Waals surface area contributed by atoms with Crippen LogP contribution in [-0.4, -0.2) is 30.3 Å². The molecule has 0 atom stereocenters. The summed E-state index contributed by atoms with van der Waals surface area (Å²) in [5.74, 6) is -0.338. The molecule has 0 aliphatic carbocycles. The number of nitrogens with zero attached hydrogens (tertiary/aromatic N) is 1. The molecule has 2 aromatic rings. The first-order valence-electron chi connectivity index (χ1n) is 7.04. The Bertz CT molecular complexity index is 670. The van der Waals surface area contributed by atoms with Crippen molar-refractivity contribution in [3.05, 3.63) is 51.2 Å². The van der Waals surface area contributed by atoms with Crippen molar-refractivity contribution in [1.29, 1.82) is 0 Å². The van der Waals surface area contributed by atoms with Gasteiger partial charge in [-0.3, -0.25) is 9.59 Å². The lowest BCUT2D eigenvalue weighted by Gasteiger charge is -2.18. The van der Waals surface area contributed by atoms with Gasteiger partial charge in [0.15, 0.2) is 0 Å². The monoisotopic (exact) mass is 316 g/mol. The number of carbonyl (C=O) groups is 2. The molecule has 0 saturated carbocycles. The minimum Gasteiger partial charge on any atom is -0.332 e. The number of likely N-dealkylation sites (N-methyl/N-ethyl adjacent to an activating group) is 1. The van der Waals surface area contributed by atoms with E-state index in [2.05, 4.69) is 5.32 Å². The fraction of sp³-hybridized carbons (Fsp3) is 0.294. The topological polar surface area (TPSA) is 49.4 Å². The smallest absolute Gasteiger partial charge is 0.254 e. The number of carbonyl (C=O) groups excluding carboxylic acids is 2. The van der Waals surface area contributed by atoms with Crippen molar-refractivity contribution in [3.63, 3.8) is 0 Å². The Morgan fingerprint density at radius 1 is 1.18 bits per heavy atom. The van der Waals surface area contributed by atoms with Crippen LogP contribution in [0.2, 0.25) is 0 Å². The van der Waals surface area contributed by atoms with Gasteiger partial charge in [0.1, 0.15) is 0 Å². The second-order valence-electron chi connectivity index (χ2n) is 5.50. The van der Waals surface area contributed by atoms with Gasteiger partial charge in [0.05, 0.1) is 12.1 Å². The minimum absolute atomic E-state index is 0.0292. The van der Waals surface area contributed by atoms with Gasteiger partial charge in [0.25, 0.3) is 5.91 Å². The molecular formula is C17H20N2O2S. The predicted molar refractivity (Wildman–Crippen MR) is 90.6 cm³/mol. The van der Waals surface area contributed by atoms with Crippen LogP contribution in [0, 0.1) is 20.8 Å². The molecule has 1 heterocycles. The summed E-state index contributed by atoms with van der Waals surface area (Å²) < 4.78 is 0. The molecule has 4 nitrogen and oxygen atoms in total. The highest BCUT2D eigenvalue weighted by atomic mass is 32.1. The number of aryl methyl sites for hydroxylation is 3. The van der Waals surface area contributed by atoms with Crippen LogP contribution >= 0.6 is 11.3 Å². The van der Waals surface area contributed by atoms with E-state index in [9.17, 15) is 9.59 Å². The number of nitrogens with one attached hydrogen (secondary N) is 1. The van der Waals surface area contributed by atoms with Crippen LogP contribution in [0.3, 0.4) is 0 Å². The first-order chi connectivity index (χ1) is 10.4. The molecular weight excluding hydrogens is 296 g/mol. The molecule has 1 aromatic heterocycles. The zero-order valence-corrected chi connectivity index (χ0v) is 14.1. The summed E-state index contributed by atoms with van der Waals surface area (Å²) in [7, 11) is 1.63. The average molecular weight is 316 g/mol. The Morgan fingerprint density at radius 2 is 1.82 bits per heavy atom. The molecule has 0 aliphatic heterocycles. The fourth-order valence-electron chi connectivity index (χ4n) is 2.45. The molecule has 0 aliphatic rings. The van der Waals surface area contributed by atoms with Gasteiger partial charge in [-0.05, 0) is 43.3 Å². The molecule has 0 bridgehead atoms. The number of amides is 2. The number of thiophene rings is 1. The Hall–Kier alpha value is -2.14. The molecule has 116 valence electrons. The van der Waals surface area contributed by atoms with Crippen molar-refractivity contribution in [3.8, 4) is 0 Å². The SMILES string of the molecule is Cc1cc(C)c(NC(=O)CN(C)C(=O)c2ccsc2)c(C)c1.